The normalized spacial score (nSPS) is 15.1. The van der Waals surface area contributed by atoms with Crippen LogP contribution in [0, 0.1) is 0 Å². The number of rotatable bonds is 3. The molecular weight excluding hydrogens is 509 g/mol. The van der Waals surface area contributed by atoms with Crippen LogP contribution >= 0.6 is 0 Å². The molecule has 4 heterocycles. The highest BCUT2D eigenvalue weighted by Crippen LogP contribution is 2.36. The predicted molar refractivity (Wildman–Crippen MR) is 142 cm³/mol. The first-order valence-electron chi connectivity index (χ1n) is 12.6. The van der Waals surface area contributed by atoms with Crippen LogP contribution in [-0.2, 0) is 10.9 Å². The highest BCUT2D eigenvalue weighted by molar-refractivity contribution is 5.90. The third-order valence-electron chi connectivity index (χ3n) is 6.69. The van der Waals surface area contributed by atoms with Crippen LogP contribution in [0.15, 0.2) is 55.1 Å². The zero-order chi connectivity index (χ0) is 27.9. The number of likely N-dealkylation sites (tertiary alicyclic amines) is 1. The Balaban J connectivity index is 1.35. The van der Waals surface area contributed by atoms with Gasteiger partial charge in [-0.2, -0.15) is 18.3 Å². The van der Waals surface area contributed by atoms with Crippen molar-refractivity contribution in [1.29, 1.82) is 0 Å². The SMILES string of the molecule is CC(C)(C)OC(=O)N1CCC(n2cc(-c3cnc(N)c(-c4cc5cccc(C(F)(F)F)c5cn4)c3)cn2)CC1. The summed E-state index contributed by atoms with van der Waals surface area (Å²) < 4.78 is 47.6. The molecule has 4 aromatic rings. The third-order valence-corrected chi connectivity index (χ3v) is 6.69. The number of halogens is 3. The third kappa shape index (κ3) is 5.67. The number of nitrogen functional groups attached to an aromatic ring is 1. The van der Waals surface area contributed by atoms with E-state index in [0.717, 1.165) is 30.0 Å². The van der Waals surface area contributed by atoms with Crippen LogP contribution in [0.25, 0.3) is 33.2 Å². The lowest BCUT2D eigenvalue weighted by atomic mass is 10.0. The van der Waals surface area contributed by atoms with Gasteiger partial charge in [0.25, 0.3) is 0 Å². The molecule has 11 heteroatoms. The summed E-state index contributed by atoms with van der Waals surface area (Å²) in [5.41, 5.74) is 7.39. The van der Waals surface area contributed by atoms with Gasteiger partial charge in [0.15, 0.2) is 0 Å². The van der Waals surface area contributed by atoms with E-state index >= 15 is 0 Å². The molecule has 39 heavy (non-hydrogen) atoms. The number of carbonyl (C=O) groups excluding carboxylic acids is 1. The molecule has 0 saturated carbocycles. The van der Waals surface area contributed by atoms with Gasteiger partial charge in [-0.3, -0.25) is 9.67 Å². The van der Waals surface area contributed by atoms with Crippen molar-refractivity contribution in [3.8, 4) is 22.4 Å². The van der Waals surface area contributed by atoms with E-state index in [1.165, 1.54) is 12.3 Å². The number of fused-ring (bicyclic) bond motifs is 1. The molecule has 2 N–H and O–H groups in total. The summed E-state index contributed by atoms with van der Waals surface area (Å²) in [7, 11) is 0. The number of nitrogens with two attached hydrogens (primary N) is 1. The molecule has 0 bridgehead atoms. The number of carbonyl (C=O) groups is 1. The lowest BCUT2D eigenvalue weighted by Gasteiger charge is -2.33. The van der Waals surface area contributed by atoms with Crippen LogP contribution in [0.3, 0.4) is 0 Å². The van der Waals surface area contributed by atoms with Crippen LogP contribution in [0.4, 0.5) is 23.8 Å². The van der Waals surface area contributed by atoms with E-state index in [0.29, 0.717) is 29.7 Å². The Morgan fingerprint density at radius 2 is 1.77 bits per heavy atom. The van der Waals surface area contributed by atoms with E-state index in [4.69, 9.17) is 10.5 Å². The van der Waals surface area contributed by atoms with Gasteiger partial charge >= 0.3 is 12.3 Å². The molecule has 0 unspecified atom stereocenters. The number of amides is 1. The van der Waals surface area contributed by atoms with Crippen molar-refractivity contribution in [1.82, 2.24) is 24.6 Å². The standard InChI is InChI=1S/C28H29F3N6O2/c1-27(2,3)39-26(38)36-9-7-20(8-10-36)37-16-19(14-35-37)18-11-21(25(32)34-13-18)24-12-17-5-4-6-23(28(29,30)31)22(17)15-33-24/h4-6,11-16,20H,7-10H2,1-3H3,(H2,32,34). The van der Waals surface area contributed by atoms with Crippen molar-refractivity contribution >= 4 is 22.7 Å². The van der Waals surface area contributed by atoms with Gasteiger partial charge in [0.05, 0.1) is 23.5 Å². The maximum absolute atomic E-state index is 13.4. The van der Waals surface area contributed by atoms with E-state index < -0.39 is 17.3 Å². The van der Waals surface area contributed by atoms with Gasteiger partial charge in [-0.05, 0) is 57.2 Å². The average Bonchev–Trinajstić information content (AvgIpc) is 3.37. The number of ether oxygens (including phenoxy) is 1. The Morgan fingerprint density at radius 1 is 1.03 bits per heavy atom. The summed E-state index contributed by atoms with van der Waals surface area (Å²) in [5.74, 6) is 0.222. The summed E-state index contributed by atoms with van der Waals surface area (Å²) in [6.45, 7) is 6.69. The van der Waals surface area contributed by atoms with E-state index in [1.807, 2.05) is 37.7 Å². The number of nitrogens with zero attached hydrogens (tertiary/aromatic N) is 5. The van der Waals surface area contributed by atoms with Gasteiger partial charge in [-0.15, -0.1) is 0 Å². The number of alkyl halides is 3. The largest absolute Gasteiger partial charge is 0.444 e. The van der Waals surface area contributed by atoms with Crippen molar-refractivity contribution in [3.63, 3.8) is 0 Å². The molecule has 204 valence electrons. The number of benzene rings is 1. The van der Waals surface area contributed by atoms with Crippen LogP contribution in [-0.4, -0.2) is 49.4 Å². The molecule has 1 fully saturated rings. The molecule has 8 nitrogen and oxygen atoms in total. The Hall–Kier alpha value is -4.15. The van der Waals surface area contributed by atoms with Crippen LogP contribution in [0.5, 0.6) is 0 Å². The summed E-state index contributed by atoms with van der Waals surface area (Å²) in [4.78, 5) is 22.7. The highest BCUT2D eigenvalue weighted by Gasteiger charge is 2.32. The molecule has 1 aliphatic heterocycles. The van der Waals surface area contributed by atoms with Crippen molar-refractivity contribution in [3.05, 3.63) is 60.7 Å². The first-order chi connectivity index (χ1) is 18.4. The summed E-state index contributed by atoms with van der Waals surface area (Å²) >= 11 is 0. The van der Waals surface area contributed by atoms with Crippen LogP contribution < -0.4 is 5.73 Å². The first-order valence-corrected chi connectivity index (χ1v) is 12.6. The number of hydrogen-bond donors (Lipinski definition) is 1. The minimum atomic E-state index is -4.48. The number of hydrogen-bond acceptors (Lipinski definition) is 6. The van der Waals surface area contributed by atoms with Gasteiger partial charge in [0.2, 0.25) is 0 Å². The van der Waals surface area contributed by atoms with E-state index in [2.05, 4.69) is 15.1 Å². The number of anilines is 1. The zero-order valence-electron chi connectivity index (χ0n) is 21.9. The molecular formula is C28H29F3N6O2. The van der Waals surface area contributed by atoms with Gasteiger partial charge in [0, 0.05) is 53.8 Å². The predicted octanol–water partition coefficient (Wildman–Crippen LogP) is 6.33. The van der Waals surface area contributed by atoms with Crippen LogP contribution in [0.1, 0.15) is 45.2 Å². The molecule has 3 aromatic heterocycles. The lowest BCUT2D eigenvalue weighted by molar-refractivity contribution is -0.136. The lowest BCUT2D eigenvalue weighted by Crippen LogP contribution is -2.42. The molecule has 5 rings (SSSR count). The number of piperidine rings is 1. The minimum Gasteiger partial charge on any atom is -0.444 e. The Morgan fingerprint density at radius 3 is 2.46 bits per heavy atom. The minimum absolute atomic E-state index is 0.0235. The number of aromatic nitrogens is 4. The maximum Gasteiger partial charge on any atom is 0.417 e. The average molecular weight is 539 g/mol. The van der Waals surface area contributed by atoms with Gasteiger partial charge in [-0.1, -0.05) is 12.1 Å². The Bertz CT molecular complexity index is 1520. The fraction of sp³-hybridized carbons (Fsp3) is 0.357. The second kappa shape index (κ2) is 9.87. The second-order valence-electron chi connectivity index (χ2n) is 10.7. The van der Waals surface area contributed by atoms with Crippen molar-refractivity contribution in [2.75, 3.05) is 18.8 Å². The Labute approximate surface area is 223 Å². The van der Waals surface area contributed by atoms with E-state index in [-0.39, 0.29) is 23.3 Å². The van der Waals surface area contributed by atoms with Crippen molar-refractivity contribution in [2.45, 2.75) is 51.4 Å². The molecule has 0 atom stereocenters. The highest BCUT2D eigenvalue weighted by atomic mass is 19.4. The van der Waals surface area contributed by atoms with Gasteiger partial charge in [-0.25, -0.2) is 9.78 Å². The monoisotopic (exact) mass is 538 g/mol. The van der Waals surface area contributed by atoms with Crippen molar-refractivity contribution < 1.29 is 22.7 Å². The molecule has 1 aromatic carbocycles. The summed E-state index contributed by atoms with van der Waals surface area (Å²) in [6.07, 6.45) is 3.22. The topological polar surface area (TPSA) is 99.2 Å². The van der Waals surface area contributed by atoms with E-state index in [1.54, 1.807) is 29.4 Å². The molecule has 0 radical (unpaired) electrons. The van der Waals surface area contributed by atoms with E-state index in [9.17, 15) is 18.0 Å². The molecule has 1 saturated heterocycles. The van der Waals surface area contributed by atoms with Gasteiger partial charge in [0.1, 0.15) is 11.4 Å². The molecule has 1 aliphatic rings. The van der Waals surface area contributed by atoms with Crippen molar-refractivity contribution in [2.24, 2.45) is 0 Å². The van der Waals surface area contributed by atoms with Crippen LogP contribution in [0.2, 0.25) is 0 Å². The molecule has 0 aliphatic carbocycles. The zero-order valence-corrected chi connectivity index (χ0v) is 21.9. The fourth-order valence-corrected chi connectivity index (χ4v) is 4.73. The molecule has 1 amide bonds. The summed E-state index contributed by atoms with van der Waals surface area (Å²) in [5, 5.41) is 4.98. The molecule has 0 spiro atoms. The smallest absolute Gasteiger partial charge is 0.417 e. The second-order valence-corrected chi connectivity index (χ2v) is 10.7. The fourth-order valence-electron chi connectivity index (χ4n) is 4.73. The maximum atomic E-state index is 13.4. The first kappa shape index (κ1) is 26.5. The quantitative estimate of drug-likeness (QED) is 0.327. The summed E-state index contributed by atoms with van der Waals surface area (Å²) in [6, 6.07) is 7.56. The van der Waals surface area contributed by atoms with Gasteiger partial charge < -0.3 is 15.4 Å². The Kier molecular flexibility index (Phi) is 6.69. The number of pyridine rings is 2.